The van der Waals surface area contributed by atoms with E-state index in [0.29, 0.717) is 18.8 Å². The zero-order valence-electron chi connectivity index (χ0n) is 18.4. The summed E-state index contributed by atoms with van der Waals surface area (Å²) in [6.07, 6.45) is -2.60. The molecule has 2 amide bonds. The SMILES string of the molecule is CCN(CC)S(=O)(=O)c1ccc(N2CCCC2)c(NC(=O)Nc2cccc(C(F)(F)F)c2)c1. The molecular formula is C22H27F3N4O3S. The van der Waals surface area contributed by atoms with Crippen LogP contribution in [0.25, 0.3) is 0 Å². The van der Waals surface area contributed by atoms with Gasteiger partial charge in [0.1, 0.15) is 0 Å². The zero-order valence-corrected chi connectivity index (χ0v) is 19.3. The van der Waals surface area contributed by atoms with Crippen molar-refractivity contribution in [1.82, 2.24) is 4.31 Å². The molecule has 1 saturated heterocycles. The number of hydrogen-bond donors (Lipinski definition) is 2. The molecule has 0 atom stereocenters. The third-order valence-corrected chi connectivity index (χ3v) is 7.50. The second-order valence-corrected chi connectivity index (χ2v) is 9.56. The number of amides is 2. The highest BCUT2D eigenvalue weighted by Gasteiger charge is 2.30. The molecular weight excluding hydrogens is 457 g/mol. The summed E-state index contributed by atoms with van der Waals surface area (Å²) in [6, 6.07) is 8.08. The number of nitrogens with zero attached hydrogens (tertiary/aromatic N) is 2. The highest BCUT2D eigenvalue weighted by Crippen LogP contribution is 2.33. The highest BCUT2D eigenvalue weighted by atomic mass is 32.2. The van der Waals surface area contributed by atoms with Crippen molar-refractivity contribution in [3.8, 4) is 0 Å². The first-order chi connectivity index (χ1) is 15.6. The zero-order chi connectivity index (χ0) is 24.2. The van der Waals surface area contributed by atoms with Crippen LogP contribution in [-0.4, -0.2) is 44.9 Å². The Balaban J connectivity index is 1.90. The van der Waals surface area contributed by atoms with Crippen molar-refractivity contribution in [2.75, 3.05) is 41.7 Å². The van der Waals surface area contributed by atoms with Crippen molar-refractivity contribution in [2.45, 2.75) is 37.8 Å². The van der Waals surface area contributed by atoms with E-state index in [1.165, 1.54) is 28.6 Å². The van der Waals surface area contributed by atoms with Crippen LogP contribution in [-0.2, 0) is 16.2 Å². The van der Waals surface area contributed by atoms with Gasteiger partial charge in [0.05, 0.1) is 21.8 Å². The Morgan fingerprint density at radius 1 is 1.03 bits per heavy atom. The Bertz CT molecular complexity index is 1100. The Morgan fingerprint density at radius 2 is 1.70 bits per heavy atom. The summed E-state index contributed by atoms with van der Waals surface area (Å²) < 4.78 is 66.1. The van der Waals surface area contributed by atoms with Crippen molar-refractivity contribution in [3.05, 3.63) is 48.0 Å². The van der Waals surface area contributed by atoms with Gasteiger partial charge in [0.25, 0.3) is 0 Å². The summed E-state index contributed by atoms with van der Waals surface area (Å²) in [5, 5.41) is 5.02. The minimum absolute atomic E-state index is 0.0306. The van der Waals surface area contributed by atoms with E-state index in [1.54, 1.807) is 19.9 Å². The van der Waals surface area contributed by atoms with Gasteiger partial charge in [-0.1, -0.05) is 19.9 Å². The maximum absolute atomic E-state index is 13.0. The van der Waals surface area contributed by atoms with Crippen LogP contribution in [0.15, 0.2) is 47.4 Å². The van der Waals surface area contributed by atoms with Crippen molar-refractivity contribution >= 4 is 33.1 Å². The van der Waals surface area contributed by atoms with Gasteiger partial charge < -0.3 is 15.5 Å². The molecule has 2 aromatic rings. The quantitative estimate of drug-likeness (QED) is 0.581. The van der Waals surface area contributed by atoms with Crippen molar-refractivity contribution in [3.63, 3.8) is 0 Å². The Hall–Kier alpha value is -2.79. The van der Waals surface area contributed by atoms with E-state index in [1.807, 2.05) is 4.90 Å². The molecule has 2 aromatic carbocycles. The molecule has 0 unspecified atom stereocenters. The van der Waals surface area contributed by atoms with Gasteiger partial charge in [-0.05, 0) is 49.2 Å². The van der Waals surface area contributed by atoms with Crippen molar-refractivity contribution < 1.29 is 26.4 Å². The molecule has 3 rings (SSSR count). The summed E-state index contributed by atoms with van der Waals surface area (Å²) >= 11 is 0. The molecule has 0 aromatic heterocycles. The fourth-order valence-corrected chi connectivity index (χ4v) is 5.26. The fraction of sp³-hybridized carbons (Fsp3) is 0.409. The number of anilines is 3. The Morgan fingerprint density at radius 3 is 2.30 bits per heavy atom. The van der Waals surface area contributed by atoms with Gasteiger partial charge in [-0.25, -0.2) is 13.2 Å². The van der Waals surface area contributed by atoms with Crippen molar-refractivity contribution in [2.24, 2.45) is 0 Å². The number of rotatable bonds is 7. The minimum atomic E-state index is -4.54. The second kappa shape index (κ2) is 10.0. The molecule has 0 radical (unpaired) electrons. The molecule has 0 saturated carbocycles. The molecule has 1 aliphatic heterocycles. The van der Waals surface area contributed by atoms with E-state index in [-0.39, 0.29) is 16.3 Å². The van der Waals surface area contributed by atoms with Crippen LogP contribution in [0.4, 0.5) is 35.0 Å². The monoisotopic (exact) mass is 484 g/mol. The Kier molecular flexibility index (Phi) is 7.53. The van der Waals surface area contributed by atoms with Crippen LogP contribution in [0.1, 0.15) is 32.3 Å². The van der Waals surface area contributed by atoms with Crippen LogP contribution < -0.4 is 15.5 Å². The van der Waals surface area contributed by atoms with E-state index >= 15 is 0 Å². The van der Waals surface area contributed by atoms with Gasteiger partial charge in [-0.2, -0.15) is 17.5 Å². The lowest BCUT2D eigenvalue weighted by Crippen LogP contribution is -2.31. The largest absolute Gasteiger partial charge is 0.416 e. The topological polar surface area (TPSA) is 81.8 Å². The van der Waals surface area contributed by atoms with E-state index in [4.69, 9.17) is 0 Å². The van der Waals surface area contributed by atoms with E-state index < -0.39 is 27.8 Å². The molecule has 11 heteroatoms. The predicted molar refractivity (Wildman–Crippen MR) is 122 cm³/mol. The predicted octanol–water partition coefficient (Wildman–Crippen LogP) is 4.98. The van der Waals surface area contributed by atoms with E-state index in [0.717, 1.165) is 38.1 Å². The third-order valence-electron chi connectivity index (χ3n) is 5.45. The smallest absolute Gasteiger partial charge is 0.370 e. The van der Waals surface area contributed by atoms with Crippen LogP contribution in [0.2, 0.25) is 0 Å². The van der Waals surface area contributed by atoms with Crippen molar-refractivity contribution in [1.29, 1.82) is 0 Å². The summed E-state index contributed by atoms with van der Waals surface area (Å²) in [5.74, 6) is 0. The average molecular weight is 485 g/mol. The Labute approximate surface area is 191 Å². The molecule has 180 valence electrons. The maximum atomic E-state index is 13.0. The first kappa shape index (κ1) is 24.8. The van der Waals surface area contributed by atoms with Crippen LogP contribution in [0.3, 0.4) is 0 Å². The fourth-order valence-electron chi connectivity index (χ4n) is 3.78. The minimum Gasteiger partial charge on any atom is -0.370 e. The van der Waals surface area contributed by atoms with Gasteiger partial charge in [0.2, 0.25) is 10.0 Å². The standard InChI is InChI=1S/C22H27F3N4O3S/c1-3-29(4-2)33(31,32)18-10-11-20(28-12-5-6-13-28)19(15-18)27-21(30)26-17-9-7-8-16(14-17)22(23,24)25/h7-11,14-15H,3-6,12-13H2,1-2H3,(H2,26,27,30). The normalized spacial score (nSPS) is 14.5. The number of alkyl halides is 3. The van der Waals surface area contributed by atoms with Gasteiger partial charge >= 0.3 is 12.2 Å². The van der Waals surface area contributed by atoms with E-state index in [2.05, 4.69) is 10.6 Å². The van der Waals surface area contributed by atoms with Crippen LogP contribution >= 0.6 is 0 Å². The molecule has 0 spiro atoms. The van der Waals surface area contributed by atoms with Gasteiger partial charge in [0.15, 0.2) is 0 Å². The molecule has 0 aliphatic carbocycles. The average Bonchev–Trinajstić information content (AvgIpc) is 3.28. The van der Waals surface area contributed by atoms with Crippen LogP contribution in [0, 0.1) is 0 Å². The maximum Gasteiger partial charge on any atom is 0.416 e. The summed E-state index contributed by atoms with van der Waals surface area (Å²) in [4.78, 5) is 14.7. The molecule has 2 N–H and O–H groups in total. The molecule has 1 heterocycles. The van der Waals surface area contributed by atoms with Gasteiger partial charge in [-0.15, -0.1) is 0 Å². The number of nitrogens with one attached hydrogen (secondary N) is 2. The molecule has 1 aliphatic rings. The summed E-state index contributed by atoms with van der Waals surface area (Å²) in [7, 11) is -3.76. The number of benzene rings is 2. The van der Waals surface area contributed by atoms with E-state index in [9.17, 15) is 26.4 Å². The van der Waals surface area contributed by atoms with Gasteiger partial charge in [0, 0.05) is 31.9 Å². The summed E-state index contributed by atoms with van der Waals surface area (Å²) in [5.41, 5.74) is 0.0159. The lowest BCUT2D eigenvalue weighted by atomic mass is 10.2. The molecule has 33 heavy (non-hydrogen) atoms. The molecule has 0 bridgehead atoms. The number of halogens is 3. The lowest BCUT2D eigenvalue weighted by molar-refractivity contribution is -0.137. The number of carbonyl (C=O) groups excluding carboxylic acids is 1. The molecule has 1 fully saturated rings. The second-order valence-electron chi connectivity index (χ2n) is 7.62. The van der Waals surface area contributed by atoms with Gasteiger partial charge in [-0.3, -0.25) is 0 Å². The molecule has 7 nitrogen and oxygen atoms in total. The number of hydrogen-bond acceptors (Lipinski definition) is 4. The number of urea groups is 1. The van der Waals surface area contributed by atoms with Crippen LogP contribution in [0.5, 0.6) is 0 Å². The first-order valence-corrected chi connectivity index (χ1v) is 12.1. The number of sulfonamides is 1. The lowest BCUT2D eigenvalue weighted by Gasteiger charge is -2.24. The summed E-state index contributed by atoms with van der Waals surface area (Å²) in [6.45, 7) is 5.58. The highest BCUT2D eigenvalue weighted by molar-refractivity contribution is 7.89. The first-order valence-electron chi connectivity index (χ1n) is 10.7. The third kappa shape index (κ3) is 5.77. The number of carbonyl (C=O) groups is 1.